The number of fused-ring (bicyclic) bond motifs is 1. The second-order valence-corrected chi connectivity index (χ2v) is 7.18. The van der Waals surface area contributed by atoms with Crippen LogP contribution in [-0.4, -0.2) is 4.98 Å². The lowest BCUT2D eigenvalue weighted by atomic mass is 10.2. The molecule has 5 heteroatoms. The third kappa shape index (κ3) is 2.83. The van der Waals surface area contributed by atoms with Crippen molar-refractivity contribution in [3.63, 3.8) is 0 Å². The number of aromatic nitrogens is 1. The zero-order valence-electron chi connectivity index (χ0n) is 10.4. The maximum Gasteiger partial charge on any atom is 0.184 e. The number of benzene rings is 1. The van der Waals surface area contributed by atoms with Gasteiger partial charge in [-0.2, -0.15) is 0 Å². The van der Waals surface area contributed by atoms with Gasteiger partial charge in [-0.1, -0.05) is 40.3 Å². The summed E-state index contributed by atoms with van der Waals surface area (Å²) in [6.45, 7) is 2.20. The van der Waals surface area contributed by atoms with Crippen molar-refractivity contribution in [2.24, 2.45) is 0 Å². The Labute approximate surface area is 128 Å². The van der Waals surface area contributed by atoms with Crippen molar-refractivity contribution >= 4 is 54.0 Å². The SMILES string of the molecule is CCC(Nc1nc2ccc(Br)cc2s1)c1cccs1. The van der Waals surface area contributed by atoms with Crippen molar-refractivity contribution in [2.45, 2.75) is 19.4 Å². The van der Waals surface area contributed by atoms with Gasteiger partial charge in [0, 0.05) is 9.35 Å². The molecule has 0 spiro atoms. The fraction of sp³-hybridized carbons (Fsp3) is 0.214. The lowest BCUT2D eigenvalue weighted by molar-refractivity contribution is 0.763. The van der Waals surface area contributed by atoms with Gasteiger partial charge in [0.15, 0.2) is 5.13 Å². The Bertz CT molecular complexity index is 676. The quantitative estimate of drug-likeness (QED) is 0.652. The van der Waals surface area contributed by atoms with E-state index in [2.05, 4.69) is 56.7 Å². The predicted molar refractivity (Wildman–Crippen MR) is 88.3 cm³/mol. The molecule has 1 N–H and O–H groups in total. The third-order valence-corrected chi connectivity index (χ3v) is 5.37. The molecule has 0 saturated carbocycles. The van der Waals surface area contributed by atoms with Crippen LogP contribution >= 0.6 is 38.6 Å². The lowest BCUT2D eigenvalue weighted by Crippen LogP contribution is -2.07. The molecule has 0 fully saturated rings. The van der Waals surface area contributed by atoms with Gasteiger partial charge in [-0.05, 0) is 36.1 Å². The molecule has 98 valence electrons. The van der Waals surface area contributed by atoms with E-state index in [9.17, 15) is 0 Å². The van der Waals surface area contributed by atoms with E-state index in [0.29, 0.717) is 6.04 Å². The molecule has 19 heavy (non-hydrogen) atoms. The summed E-state index contributed by atoms with van der Waals surface area (Å²) in [6, 6.07) is 10.8. The van der Waals surface area contributed by atoms with Crippen LogP contribution in [0.4, 0.5) is 5.13 Å². The van der Waals surface area contributed by atoms with Crippen molar-refractivity contribution in [1.29, 1.82) is 0 Å². The van der Waals surface area contributed by atoms with Gasteiger partial charge in [0.05, 0.1) is 16.3 Å². The maximum atomic E-state index is 4.64. The Morgan fingerprint density at radius 3 is 3.00 bits per heavy atom. The van der Waals surface area contributed by atoms with Gasteiger partial charge in [-0.15, -0.1) is 11.3 Å². The molecule has 1 atom stereocenters. The summed E-state index contributed by atoms with van der Waals surface area (Å²) in [5.41, 5.74) is 1.05. The van der Waals surface area contributed by atoms with Gasteiger partial charge in [0.2, 0.25) is 0 Å². The average Bonchev–Trinajstić information content (AvgIpc) is 3.04. The number of nitrogens with zero attached hydrogens (tertiary/aromatic N) is 1. The Morgan fingerprint density at radius 1 is 1.37 bits per heavy atom. The van der Waals surface area contributed by atoms with E-state index in [4.69, 9.17) is 0 Å². The first-order valence-corrected chi connectivity index (χ1v) is 8.61. The summed E-state index contributed by atoms with van der Waals surface area (Å²) in [7, 11) is 0. The fourth-order valence-electron chi connectivity index (χ4n) is 1.97. The van der Waals surface area contributed by atoms with Crippen molar-refractivity contribution < 1.29 is 0 Å². The molecular weight excluding hydrogens is 340 g/mol. The van der Waals surface area contributed by atoms with Crippen molar-refractivity contribution in [1.82, 2.24) is 4.98 Å². The zero-order chi connectivity index (χ0) is 13.2. The lowest BCUT2D eigenvalue weighted by Gasteiger charge is -2.13. The number of rotatable bonds is 4. The molecule has 0 radical (unpaired) electrons. The summed E-state index contributed by atoms with van der Waals surface area (Å²) in [6.07, 6.45) is 1.06. The smallest absolute Gasteiger partial charge is 0.184 e. The molecule has 1 unspecified atom stereocenters. The van der Waals surface area contributed by atoms with Gasteiger partial charge in [0.25, 0.3) is 0 Å². The summed E-state index contributed by atoms with van der Waals surface area (Å²) < 4.78 is 2.30. The Kier molecular flexibility index (Phi) is 3.86. The summed E-state index contributed by atoms with van der Waals surface area (Å²) in [5.74, 6) is 0. The molecule has 3 rings (SSSR count). The highest BCUT2D eigenvalue weighted by molar-refractivity contribution is 9.10. The predicted octanol–water partition coefficient (Wildman–Crippen LogP) is 5.68. The minimum absolute atomic E-state index is 0.351. The normalized spacial score (nSPS) is 12.7. The maximum absolute atomic E-state index is 4.64. The average molecular weight is 353 g/mol. The third-order valence-electron chi connectivity index (χ3n) is 2.94. The first-order chi connectivity index (χ1) is 9.26. The Morgan fingerprint density at radius 2 is 2.26 bits per heavy atom. The monoisotopic (exact) mass is 352 g/mol. The van der Waals surface area contributed by atoms with Gasteiger partial charge in [-0.25, -0.2) is 4.98 Å². The minimum atomic E-state index is 0.351. The molecule has 3 aromatic rings. The molecule has 0 amide bonds. The van der Waals surface area contributed by atoms with E-state index in [1.54, 1.807) is 22.7 Å². The molecule has 1 aromatic carbocycles. The first kappa shape index (κ1) is 13.1. The number of hydrogen-bond donors (Lipinski definition) is 1. The number of thiazole rings is 1. The van der Waals surface area contributed by atoms with Crippen molar-refractivity contribution in [3.05, 3.63) is 45.1 Å². The highest BCUT2D eigenvalue weighted by Crippen LogP contribution is 2.32. The fourth-order valence-corrected chi connectivity index (χ4v) is 4.30. The number of anilines is 1. The van der Waals surface area contributed by atoms with E-state index in [1.807, 2.05) is 12.1 Å². The Hall–Kier alpha value is -0.910. The van der Waals surface area contributed by atoms with Crippen LogP contribution in [0.5, 0.6) is 0 Å². The second-order valence-electron chi connectivity index (χ2n) is 4.25. The van der Waals surface area contributed by atoms with E-state index < -0.39 is 0 Å². The van der Waals surface area contributed by atoms with Crippen molar-refractivity contribution in [3.8, 4) is 0 Å². The molecule has 0 aliphatic carbocycles. The van der Waals surface area contributed by atoms with E-state index in [-0.39, 0.29) is 0 Å². The van der Waals surface area contributed by atoms with Crippen LogP contribution in [0.25, 0.3) is 10.2 Å². The van der Waals surface area contributed by atoms with Crippen LogP contribution < -0.4 is 5.32 Å². The van der Waals surface area contributed by atoms with Crippen LogP contribution in [0.3, 0.4) is 0 Å². The molecule has 0 bridgehead atoms. The molecule has 0 aliphatic rings. The molecular formula is C14H13BrN2S2. The number of hydrogen-bond acceptors (Lipinski definition) is 4. The minimum Gasteiger partial charge on any atom is -0.354 e. The largest absolute Gasteiger partial charge is 0.354 e. The standard InChI is InChI=1S/C14H13BrN2S2/c1-2-10(12-4-3-7-18-12)16-14-17-11-6-5-9(15)8-13(11)19-14/h3-8,10H,2H2,1H3,(H,16,17). The summed E-state index contributed by atoms with van der Waals surface area (Å²) in [4.78, 5) is 6.01. The highest BCUT2D eigenvalue weighted by atomic mass is 79.9. The molecule has 0 saturated heterocycles. The van der Waals surface area contributed by atoms with E-state index >= 15 is 0 Å². The highest BCUT2D eigenvalue weighted by Gasteiger charge is 2.12. The van der Waals surface area contributed by atoms with Crippen LogP contribution in [0.1, 0.15) is 24.3 Å². The second kappa shape index (κ2) is 5.61. The van der Waals surface area contributed by atoms with Crippen LogP contribution in [0, 0.1) is 0 Å². The van der Waals surface area contributed by atoms with Gasteiger partial charge < -0.3 is 5.32 Å². The molecule has 0 aliphatic heterocycles. The summed E-state index contributed by atoms with van der Waals surface area (Å²) >= 11 is 6.99. The summed E-state index contributed by atoms with van der Waals surface area (Å²) in [5, 5.41) is 6.66. The van der Waals surface area contributed by atoms with Crippen LogP contribution in [-0.2, 0) is 0 Å². The number of nitrogens with one attached hydrogen (secondary N) is 1. The molecule has 2 nitrogen and oxygen atoms in total. The van der Waals surface area contributed by atoms with E-state index in [1.165, 1.54) is 9.58 Å². The topological polar surface area (TPSA) is 24.9 Å². The van der Waals surface area contributed by atoms with Crippen LogP contribution in [0.2, 0.25) is 0 Å². The van der Waals surface area contributed by atoms with Crippen LogP contribution in [0.15, 0.2) is 40.2 Å². The van der Waals surface area contributed by atoms with Crippen molar-refractivity contribution in [2.75, 3.05) is 5.32 Å². The van der Waals surface area contributed by atoms with E-state index in [0.717, 1.165) is 21.5 Å². The van der Waals surface area contributed by atoms with Gasteiger partial charge in [-0.3, -0.25) is 0 Å². The Balaban J connectivity index is 1.88. The number of thiophene rings is 1. The number of halogens is 1. The first-order valence-electron chi connectivity index (χ1n) is 6.12. The van der Waals surface area contributed by atoms with Gasteiger partial charge >= 0.3 is 0 Å². The molecule has 2 aromatic heterocycles. The van der Waals surface area contributed by atoms with Gasteiger partial charge in [0.1, 0.15) is 0 Å². The zero-order valence-corrected chi connectivity index (χ0v) is 13.6. The molecule has 2 heterocycles.